The number of nitrogens with zero attached hydrogens (tertiary/aromatic N) is 1. The molecule has 14 heteroatoms. The summed E-state index contributed by atoms with van der Waals surface area (Å²) < 4.78 is 61.1. The van der Waals surface area contributed by atoms with Crippen LogP contribution in [0.15, 0.2) is 35.3 Å². The van der Waals surface area contributed by atoms with Crippen LogP contribution in [0.5, 0.6) is 0 Å². The van der Waals surface area contributed by atoms with Crippen molar-refractivity contribution in [2.45, 2.75) is 5.25 Å². The van der Waals surface area contributed by atoms with Gasteiger partial charge in [0.2, 0.25) is 15.9 Å². The second-order valence-electron chi connectivity index (χ2n) is 6.64. The second kappa shape index (κ2) is 8.45. The summed E-state index contributed by atoms with van der Waals surface area (Å²) in [5, 5.41) is 5.42. The fraction of sp³-hybridized carbons (Fsp3) is 0.235. The predicted octanol–water partition coefficient (Wildman–Crippen LogP) is 0.281. The number of benzene rings is 1. The number of nitrogens with two attached hydrogens (primary N) is 1. The quantitative estimate of drug-likeness (QED) is 0.429. The van der Waals surface area contributed by atoms with E-state index >= 15 is 0 Å². The number of aromatic amines is 1. The summed E-state index contributed by atoms with van der Waals surface area (Å²) in [5.74, 6) is -2.46. The number of fused-ring (bicyclic) bond motifs is 1. The van der Waals surface area contributed by atoms with E-state index in [0.717, 1.165) is 17.6 Å². The molecule has 0 radical (unpaired) electrons. The zero-order chi connectivity index (χ0) is 23.0. The van der Waals surface area contributed by atoms with Gasteiger partial charge in [0.25, 0.3) is 5.56 Å². The SMILES string of the molecule is CS(=O)(=O)C(C(=O)NCCS(N)(=O)=O)c1nc2ccc(-c3cc[nH]c(=O)c3F)cc2s1. The first-order chi connectivity index (χ1) is 14.4. The van der Waals surface area contributed by atoms with Gasteiger partial charge in [0.15, 0.2) is 20.9 Å². The smallest absolute Gasteiger partial charge is 0.284 e. The second-order valence-corrected chi connectivity index (χ2v) is 11.6. The van der Waals surface area contributed by atoms with Gasteiger partial charge in [-0.3, -0.25) is 9.59 Å². The zero-order valence-electron chi connectivity index (χ0n) is 16.0. The molecular formula is C17H17FN4O6S3. The number of H-pyrrole nitrogens is 1. The van der Waals surface area contributed by atoms with Gasteiger partial charge in [-0.05, 0) is 23.8 Å². The fourth-order valence-corrected chi connectivity index (χ4v) is 5.74. The van der Waals surface area contributed by atoms with E-state index in [0.29, 0.717) is 15.8 Å². The Labute approximate surface area is 180 Å². The maximum Gasteiger partial charge on any atom is 0.284 e. The molecule has 4 N–H and O–H groups in total. The standard InChI is InChI=1S/C17H17FN4O6S3/c1-30(25,26)14(16(24)21-6-7-31(19,27)28)17-22-11-3-2-9(8-12(11)29-17)10-4-5-20-15(23)13(10)18/h2-5,8,14H,6-7H2,1H3,(H,20,23)(H,21,24)(H2,19,27,28). The van der Waals surface area contributed by atoms with E-state index < -0.39 is 48.1 Å². The van der Waals surface area contributed by atoms with Crippen LogP contribution in [0.2, 0.25) is 0 Å². The van der Waals surface area contributed by atoms with Crippen molar-refractivity contribution in [1.82, 2.24) is 15.3 Å². The Morgan fingerprint density at radius 3 is 2.65 bits per heavy atom. The van der Waals surface area contributed by atoms with Gasteiger partial charge in [-0.2, -0.15) is 0 Å². The third-order valence-corrected chi connectivity index (χ3v) is 7.49. The van der Waals surface area contributed by atoms with E-state index in [9.17, 15) is 30.8 Å². The van der Waals surface area contributed by atoms with Crippen molar-refractivity contribution >= 4 is 47.3 Å². The zero-order valence-corrected chi connectivity index (χ0v) is 18.4. The average Bonchev–Trinajstić information content (AvgIpc) is 3.04. The number of sulfonamides is 1. The van der Waals surface area contributed by atoms with Gasteiger partial charge >= 0.3 is 0 Å². The van der Waals surface area contributed by atoms with Gasteiger partial charge in [-0.25, -0.2) is 31.3 Å². The molecule has 1 unspecified atom stereocenters. The number of hydrogen-bond donors (Lipinski definition) is 3. The monoisotopic (exact) mass is 488 g/mol. The van der Waals surface area contributed by atoms with Crippen LogP contribution in [-0.4, -0.2) is 51.3 Å². The molecule has 1 aromatic carbocycles. The maximum atomic E-state index is 14.1. The Bertz CT molecular complexity index is 1430. The van der Waals surface area contributed by atoms with Crippen LogP contribution in [0.3, 0.4) is 0 Å². The highest BCUT2D eigenvalue weighted by Gasteiger charge is 2.34. The molecule has 1 amide bonds. The van der Waals surface area contributed by atoms with Crippen molar-refractivity contribution in [3.8, 4) is 11.1 Å². The lowest BCUT2D eigenvalue weighted by atomic mass is 10.1. The number of rotatable bonds is 7. The molecule has 10 nitrogen and oxygen atoms in total. The lowest BCUT2D eigenvalue weighted by molar-refractivity contribution is -0.120. The number of aromatic nitrogens is 2. The molecule has 31 heavy (non-hydrogen) atoms. The molecule has 0 aliphatic carbocycles. The molecule has 0 aliphatic heterocycles. The number of halogens is 1. The van der Waals surface area contributed by atoms with Crippen LogP contribution in [0.1, 0.15) is 10.3 Å². The summed E-state index contributed by atoms with van der Waals surface area (Å²) in [6.07, 6.45) is 2.16. The number of primary sulfonamides is 1. The van der Waals surface area contributed by atoms with Crippen molar-refractivity contribution in [1.29, 1.82) is 0 Å². The first-order valence-electron chi connectivity index (χ1n) is 8.62. The molecule has 0 aliphatic rings. The molecule has 0 saturated carbocycles. The number of amides is 1. The van der Waals surface area contributed by atoms with Crippen LogP contribution < -0.4 is 16.0 Å². The van der Waals surface area contributed by atoms with Crippen LogP contribution in [0, 0.1) is 5.82 Å². The molecule has 166 valence electrons. The van der Waals surface area contributed by atoms with Crippen LogP contribution in [0.4, 0.5) is 4.39 Å². The van der Waals surface area contributed by atoms with Crippen molar-refractivity contribution in [3.05, 3.63) is 51.6 Å². The molecule has 2 aromatic heterocycles. The van der Waals surface area contributed by atoms with E-state index in [1.165, 1.54) is 30.5 Å². The van der Waals surface area contributed by atoms with Crippen LogP contribution in [-0.2, 0) is 24.7 Å². The number of pyridine rings is 1. The Hall–Kier alpha value is -2.68. The maximum absolute atomic E-state index is 14.1. The van der Waals surface area contributed by atoms with Crippen LogP contribution >= 0.6 is 11.3 Å². The molecular weight excluding hydrogens is 471 g/mol. The average molecular weight is 489 g/mol. The molecule has 0 saturated heterocycles. The highest BCUT2D eigenvalue weighted by molar-refractivity contribution is 7.91. The summed E-state index contributed by atoms with van der Waals surface area (Å²) in [4.78, 5) is 30.4. The Balaban J connectivity index is 1.98. The largest absolute Gasteiger partial charge is 0.354 e. The molecule has 2 heterocycles. The minimum atomic E-state index is -3.96. The molecule has 0 fully saturated rings. The van der Waals surface area contributed by atoms with E-state index in [1.807, 2.05) is 0 Å². The number of nitrogens with one attached hydrogen (secondary N) is 2. The summed E-state index contributed by atoms with van der Waals surface area (Å²) >= 11 is 0.916. The lowest BCUT2D eigenvalue weighted by Crippen LogP contribution is -2.37. The highest BCUT2D eigenvalue weighted by Crippen LogP contribution is 2.33. The first kappa shape index (κ1) is 23.0. The summed E-state index contributed by atoms with van der Waals surface area (Å²) in [7, 11) is -7.79. The highest BCUT2D eigenvalue weighted by atomic mass is 32.2. The van der Waals surface area contributed by atoms with Crippen molar-refractivity contribution in [2.24, 2.45) is 5.14 Å². The topological polar surface area (TPSA) is 169 Å². The predicted molar refractivity (Wildman–Crippen MR) is 114 cm³/mol. The van der Waals surface area contributed by atoms with Gasteiger partial charge in [-0.1, -0.05) is 6.07 Å². The summed E-state index contributed by atoms with van der Waals surface area (Å²) in [6.45, 7) is -0.361. The molecule has 1 atom stereocenters. The van der Waals surface area contributed by atoms with Gasteiger partial charge in [0.1, 0.15) is 5.01 Å². The van der Waals surface area contributed by atoms with Crippen molar-refractivity contribution in [2.75, 3.05) is 18.6 Å². The van der Waals surface area contributed by atoms with E-state index in [2.05, 4.69) is 15.3 Å². The van der Waals surface area contributed by atoms with E-state index in [1.54, 1.807) is 0 Å². The molecule has 3 rings (SSSR count). The molecule has 0 bridgehead atoms. The van der Waals surface area contributed by atoms with Gasteiger partial charge < -0.3 is 10.3 Å². The minimum Gasteiger partial charge on any atom is -0.354 e. The fourth-order valence-electron chi connectivity index (χ4n) is 2.80. The third kappa shape index (κ3) is 5.33. The number of sulfone groups is 1. The van der Waals surface area contributed by atoms with Gasteiger partial charge in [0, 0.05) is 24.6 Å². The Kier molecular flexibility index (Phi) is 6.27. The van der Waals surface area contributed by atoms with Crippen LogP contribution in [0.25, 0.3) is 21.3 Å². The van der Waals surface area contributed by atoms with Gasteiger partial charge in [0.05, 0.1) is 16.0 Å². The lowest BCUT2D eigenvalue weighted by Gasteiger charge is -2.12. The Morgan fingerprint density at radius 1 is 1.29 bits per heavy atom. The number of carbonyl (C=O) groups excluding carboxylic acids is 1. The Morgan fingerprint density at radius 2 is 2.00 bits per heavy atom. The summed E-state index contributed by atoms with van der Waals surface area (Å²) in [5.41, 5.74) is -0.0725. The van der Waals surface area contributed by atoms with Crippen molar-refractivity contribution < 1.29 is 26.0 Å². The number of hydrogen-bond acceptors (Lipinski definition) is 8. The first-order valence-corrected chi connectivity index (χ1v) is 13.1. The third-order valence-electron chi connectivity index (χ3n) is 4.19. The van der Waals surface area contributed by atoms with E-state index in [-0.39, 0.29) is 17.1 Å². The normalized spacial score (nSPS) is 13.3. The van der Waals surface area contributed by atoms with Crippen molar-refractivity contribution in [3.63, 3.8) is 0 Å². The van der Waals surface area contributed by atoms with Gasteiger partial charge in [-0.15, -0.1) is 11.3 Å². The number of carbonyl (C=O) groups is 1. The minimum absolute atomic E-state index is 0.0332. The summed E-state index contributed by atoms with van der Waals surface area (Å²) in [6, 6.07) is 5.96. The molecule has 3 aromatic rings. The molecule has 0 spiro atoms. The van der Waals surface area contributed by atoms with E-state index in [4.69, 9.17) is 5.14 Å². The number of thiazole rings is 1.